The normalized spacial score (nSPS) is 30.7. The highest BCUT2D eigenvalue weighted by Crippen LogP contribution is 2.36. The molecule has 3 unspecified atom stereocenters. The number of hydrogen-bond donors (Lipinski definition) is 3. The molecular weight excluding hydrogens is 228 g/mol. The van der Waals surface area contributed by atoms with Crippen molar-refractivity contribution in [2.24, 2.45) is 0 Å². The van der Waals surface area contributed by atoms with E-state index in [0.717, 1.165) is 0 Å². The second-order valence-corrected chi connectivity index (χ2v) is 4.73. The molecule has 1 saturated heterocycles. The quantitative estimate of drug-likeness (QED) is 0.532. The number of ether oxygens (including phenoxy) is 3. The Morgan fingerprint density at radius 1 is 1.29 bits per heavy atom. The lowest BCUT2D eigenvalue weighted by molar-refractivity contribution is -0.317. The van der Waals surface area contributed by atoms with Gasteiger partial charge < -0.3 is 29.5 Å². The van der Waals surface area contributed by atoms with Crippen LogP contribution in [0.15, 0.2) is 0 Å². The summed E-state index contributed by atoms with van der Waals surface area (Å²) in [6.45, 7) is 3.42. The fraction of sp³-hybridized carbons (Fsp3) is 1.00. The van der Waals surface area contributed by atoms with Gasteiger partial charge in [-0.15, -0.1) is 0 Å². The van der Waals surface area contributed by atoms with Crippen LogP contribution in [-0.4, -0.2) is 72.3 Å². The van der Waals surface area contributed by atoms with Gasteiger partial charge in [0.1, 0.15) is 24.4 Å². The van der Waals surface area contributed by atoms with Crippen LogP contribution in [0, 0.1) is 0 Å². The van der Waals surface area contributed by atoms with E-state index in [2.05, 4.69) is 0 Å². The van der Waals surface area contributed by atoms with E-state index in [1.54, 1.807) is 0 Å². The van der Waals surface area contributed by atoms with Crippen molar-refractivity contribution in [2.75, 3.05) is 26.9 Å². The highest BCUT2D eigenvalue weighted by Gasteiger charge is 2.52. The van der Waals surface area contributed by atoms with Crippen molar-refractivity contribution in [1.82, 2.24) is 0 Å². The molecule has 0 spiro atoms. The van der Waals surface area contributed by atoms with Gasteiger partial charge in [-0.3, -0.25) is 0 Å². The highest BCUT2D eigenvalue weighted by atomic mass is 16.6. The van der Waals surface area contributed by atoms with Gasteiger partial charge in [0, 0.05) is 7.11 Å². The molecule has 0 amide bonds. The van der Waals surface area contributed by atoms with Crippen molar-refractivity contribution in [3.05, 3.63) is 0 Å². The zero-order valence-corrected chi connectivity index (χ0v) is 10.5. The molecule has 1 heterocycles. The van der Waals surface area contributed by atoms with E-state index in [0.29, 0.717) is 0 Å². The van der Waals surface area contributed by atoms with Gasteiger partial charge in [0.25, 0.3) is 0 Å². The molecule has 6 heteroatoms. The zero-order valence-electron chi connectivity index (χ0n) is 10.5. The van der Waals surface area contributed by atoms with Gasteiger partial charge in [0.2, 0.25) is 0 Å². The third-order valence-corrected chi connectivity index (χ3v) is 2.99. The number of methoxy groups -OCH3 is 1. The second-order valence-electron chi connectivity index (χ2n) is 4.73. The van der Waals surface area contributed by atoms with Crippen LogP contribution < -0.4 is 0 Å². The standard InChI is InChI=1S/C11H22O6/c1-11(2)10(9(17-11)8(14)5-13)16-6-7(4-12)15-3/h7-10,12-14H,4-6H2,1-3H3/t7?,8?,9?,10-/m0/s1. The van der Waals surface area contributed by atoms with Crippen LogP contribution in [-0.2, 0) is 14.2 Å². The van der Waals surface area contributed by atoms with Crippen LogP contribution in [0.5, 0.6) is 0 Å². The summed E-state index contributed by atoms with van der Waals surface area (Å²) >= 11 is 0. The lowest BCUT2D eigenvalue weighted by Gasteiger charge is -2.52. The first-order valence-corrected chi connectivity index (χ1v) is 5.68. The Morgan fingerprint density at radius 2 is 1.94 bits per heavy atom. The van der Waals surface area contributed by atoms with Gasteiger partial charge >= 0.3 is 0 Å². The number of aliphatic hydroxyl groups excluding tert-OH is 3. The zero-order chi connectivity index (χ0) is 13.1. The summed E-state index contributed by atoms with van der Waals surface area (Å²) in [6, 6.07) is 0. The van der Waals surface area contributed by atoms with Gasteiger partial charge in [-0.1, -0.05) is 0 Å². The van der Waals surface area contributed by atoms with Crippen LogP contribution >= 0.6 is 0 Å². The minimum Gasteiger partial charge on any atom is -0.394 e. The Labute approximate surface area is 101 Å². The molecule has 0 aromatic heterocycles. The largest absolute Gasteiger partial charge is 0.394 e. The summed E-state index contributed by atoms with van der Waals surface area (Å²) in [6.07, 6.45) is -2.21. The fourth-order valence-corrected chi connectivity index (χ4v) is 1.89. The van der Waals surface area contributed by atoms with E-state index in [9.17, 15) is 5.11 Å². The molecule has 1 fully saturated rings. The van der Waals surface area contributed by atoms with Crippen molar-refractivity contribution >= 4 is 0 Å². The van der Waals surface area contributed by atoms with E-state index in [-0.39, 0.29) is 25.9 Å². The van der Waals surface area contributed by atoms with E-state index in [1.165, 1.54) is 7.11 Å². The third-order valence-electron chi connectivity index (χ3n) is 2.99. The number of hydrogen-bond acceptors (Lipinski definition) is 6. The van der Waals surface area contributed by atoms with Crippen LogP contribution in [0.1, 0.15) is 13.8 Å². The van der Waals surface area contributed by atoms with Crippen molar-refractivity contribution in [3.63, 3.8) is 0 Å². The Bertz CT molecular complexity index is 228. The Kier molecular flexibility index (Phi) is 5.30. The maximum atomic E-state index is 9.52. The van der Waals surface area contributed by atoms with Gasteiger partial charge in [-0.05, 0) is 13.8 Å². The second kappa shape index (κ2) is 6.08. The summed E-state index contributed by atoms with van der Waals surface area (Å²) in [4.78, 5) is 0. The summed E-state index contributed by atoms with van der Waals surface area (Å²) in [5.74, 6) is 0. The van der Waals surface area contributed by atoms with Crippen LogP contribution in [0.3, 0.4) is 0 Å². The molecule has 17 heavy (non-hydrogen) atoms. The number of aliphatic hydroxyl groups is 3. The Morgan fingerprint density at radius 3 is 2.35 bits per heavy atom. The minimum atomic E-state index is -0.955. The molecular formula is C11H22O6. The maximum absolute atomic E-state index is 9.52. The first-order chi connectivity index (χ1) is 7.96. The van der Waals surface area contributed by atoms with Crippen molar-refractivity contribution < 1.29 is 29.5 Å². The van der Waals surface area contributed by atoms with Crippen molar-refractivity contribution in [3.8, 4) is 0 Å². The first kappa shape index (κ1) is 14.8. The minimum absolute atomic E-state index is 0.127. The van der Waals surface area contributed by atoms with E-state index >= 15 is 0 Å². The van der Waals surface area contributed by atoms with E-state index in [4.69, 9.17) is 24.4 Å². The van der Waals surface area contributed by atoms with Gasteiger partial charge in [0.05, 0.1) is 25.4 Å². The molecule has 1 aliphatic rings. The molecule has 1 aliphatic heterocycles. The third kappa shape index (κ3) is 3.37. The van der Waals surface area contributed by atoms with Crippen LogP contribution in [0.2, 0.25) is 0 Å². The monoisotopic (exact) mass is 250 g/mol. The predicted molar refractivity (Wildman–Crippen MR) is 59.7 cm³/mol. The molecule has 0 saturated carbocycles. The maximum Gasteiger partial charge on any atom is 0.115 e. The first-order valence-electron chi connectivity index (χ1n) is 5.68. The SMILES string of the molecule is COC(CO)CO[C@H]1C(C(O)CO)OC1(C)C. The van der Waals surface area contributed by atoms with Crippen LogP contribution in [0.4, 0.5) is 0 Å². The molecule has 0 radical (unpaired) electrons. The summed E-state index contributed by atoms with van der Waals surface area (Å²) in [5.41, 5.74) is -0.505. The molecule has 6 nitrogen and oxygen atoms in total. The molecule has 4 atom stereocenters. The van der Waals surface area contributed by atoms with Crippen molar-refractivity contribution in [1.29, 1.82) is 0 Å². The van der Waals surface area contributed by atoms with Crippen LogP contribution in [0.25, 0.3) is 0 Å². The molecule has 0 bridgehead atoms. The van der Waals surface area contributed by atoms with Gasteiger partial charge in [0.15, 0.2) is 0 Å². The molecule has 0 aromatic carbocycles. The molecule has 0 aliphatic carbocycles. The smallest absolute Gasteiger partial charge is 0.115 e. The Balaban J connectivity index is 2.47. The molecule has 102 valence electrons. The topological polar surface area (TPSA) is 88.4 Å². The highest BCUT2D eigenvalue weighted by molar-refractivity contribution is 5.00. The fourth-order valence-electron chi connectivity index (χ4n) is 1.89. The molecule has 3 N–H and O–H groups in total. The molecule has 0 aromatic rings. The summed E-state index contributed by atoms with van der Waals surface area (Å²) < 4.78 is 16.0. The predicted octanol–water partition coefficient (Wildman–Crippen LogP) is -1.09. The van der Waals surface area contributed by atoms with Gasteiger partial charge in [-0.2, -0.15) is 0 Å². The summed E-state index contributed by atoms with van der Waals surface area (Å²) in [7, 11) is 1.49. The van der Waals surface area contributed by atoms with E-state index in [1.807, 2.05) is 13.8 Å². The lowest BCUT2D eigenvalue weighted by atomic mass is 9.86. The lowest BCUT2D eigenvalue weighted by Crippen LogP contribution is -2.67. The number of rotatable bonds is 7. The summed E-state index contributed by atoms with van der Waals surface area (Å²) in [5, 5.41) is 27.4. The average Bonchev–Trinajstić information content (AvgIpc) is 2.31. The Hall–Kier alpha value is -0.240. The van der Waals surface area contributed by atoms with E-state index < -0.39 is 23.9 Å². The van der Waals surface area contributed by atoms with Crippen molar-refractivity contribution in [2.45, 2.75) is 43.9 Å². The average molecular weight is 250 g/mol. The van der Waals surface area contributed by atoms with Gasteiger partial charge in [-0.25, -0.2) is 0 Å². The molecule has 1 rings (SSSR count).